The topological polar surface area (TPSA) is 51.2 Å². The van der Waals surface area contributed by atoms with Crippen molar-refractivity contribution < 1.29 is 9.53 Å². The largest absolute Gasteiger partial charge is 0.491 e. The molecule has 0 unspecified atom stereocenters. The number of fused-ring (bicyclic) bond motifs is 1. The number of carbonyl (C=O) groups excluding carboxylic acids is 1. The van der Waals surface area contributed by atoms with Gasteiger partial charge in [-0.15, -0.1) is 11.3 Å². The molecule has 3 heterocycles. The number of nitrogens with one attached hydrogen (secondary N) is 1. The lowest BCUT2D eigenvalue weighted by Crippen LogP contribution is -2.50. The molecule has 0 bridgehead atoms. The van der Waals surface area contributed by atoms with Crippen LogP contribution >= 0.6 is 11.3 Å². The molecule has 126 valence electrons. The second-order valence-corrected chi connectivity index (χ2v) is 7.10. The number of aromatic nitrogens is 1. The second kappa shape index (κ2) is 6.33. The van der Waals surface area contributed by atoms with E-state index in [1.54, 1.807) is 6.20 Å². The fourth-order valence-corrected chi connectivity index (χ4v) is 3.86. The first kappa shape index (κ1) is 15.8. The Bertz CT molecular complexity index is 890. The van der Waals surface area contributed by atoms with E-state index in [1.807, 2.05) is 29.6 Å². The molecule has 4 rings (SSSR count). The van der Waals surface area contributed by atoms with Crippen LogP contribution in [0.5, 0.6) is 5.75 Å². The highest BCUT2D eigenvalue weighted by Gasteiger charge is 2.42. The van der Waals surface area contributed by atoms with Gasteiger partial charge in [0.05, 0.1) is 11.5 Å². The van der Waals surface area contributed by atoms with Gasteiger partial charge in [0.2, 0.25) is 0 Å². The van der Waals surface area contributed by atoms with Crippen molar-refractivity contribution in [2.75, 3.05) is 6.61 Å². The average molecular weight is 350 g/mol. The van der Waals surface area contributed by atoms with E-state index >= 15 is 0 Å². The third kappa shape index (κ3) is 2.81. The summed E-state index contributed by atoms with van der Waals surface area (Å²) in [6.07, 6.45) is 2.38. The van der Waals surface area contributed by atoms with Gasteiger partial charge in [-0.3, -0.25) is 9.78 Å². The van der Waals surface area contributed by atoms with Gasteiger partial charge in [-0.1, -0.05) is 35.9 Å². The van der Waals surface area contributed by atoms with Crippen LogP contribution < -0.4 is 10.1 Å². The summed E-state index contributed by atoms with van der Waals surface area (Å²) >= 11 is 1.43. The van der Waals surface area contributed by atoms with Crippen molar-refractivity contribution in [2.45, 2.75) is 18.9 Å². The summed E-state index contributed by atoms with van der Waals surface area (Å²) in [6.45, 7) is 2.58. The standard InChI is InChI=1S/C20H18N2O2S/c1-14-6-8-15(9-7-14)20(22-19(23)17-5-3-13-25-17)10-12-24-16-4-2-11-21-18(16)20/h2-9,11,13H,10,12H2,1H3,(H,22,23)/t20-/m0/s1. The molecule has 5 heteroatoms. The molecule has 0 fully saturated rings. The lowest BCUT2D eigenvalue weighted by atomic mass is 9.81. The van der Waals surface area contributed by atoms with Crippen LogP contribution in [0.2, 0.25) is 0 Å². The van der Waals surface area contributed by atoms with E-state index in [4.69, 9.17) is 4.74 Å². The Labute approximate surface area is 150 Å². The molecule has 1 aromatic carbocycles. The van der Waals surface area contributed by atoms with E-state index in [-0.39, 0.29) is 5.91 Å². The number of aryl methyl sites for hydroxylation is 1. The van der Waals surface area contributed by atoms with Crippen LogP contribution in [0.3, 0.4) is 0 Å². The minimum Gasteiger partial charge on any atom is -0.491 e. The third-order valence-corrected chi connectivity index (χ3v) is 5.39. The highest BCUT2D eigenvalue weighted by atomic mass is 32.1. The quantitative estimate of drug-likeness (QED) is 0.779. The summed E-state index contributed by atoms with van der Waals surface area (Å²) in [4.78, 5) is 18.1. The molecule has 0 spiro atoms. The number of benzene rings is 1. The van der Waals surface area contributed by atoms with Crippen molar-refractivity contribution >= 4 is 17.2 Å². The lowest BCUT2D eigenvalue weighted by Gasteiger charge is -2.38. The summed E-state index contributed by atoms with van der Waals surface area (Å²) in [5, 5.41) is 5.16. The molecule has 0 saturated heterocycles. The Balaban J connectivity index is 1.85. The molecule has 0 radical (unpaired) electrons. The Hall–Kier alpha value is -2.66. The molecule has 1 aliphatic rings. The van der Waals surface area contributed by atoms with Crippen LogP contribution in [-0.4, -0.2) is 17.5 Å². The number of thiophene rings is 1. The molecule has 1 N–H and O–H groups in total. The zero-order chi connectivity index (χ0) is 17.3. The summed E-state index contributed by atoms with van der Waals surface area (Å²) < 4.78 is 5.79. The van der Waals surface area contributed by atoms with Gasteiger partial charge >= 0.3 is 0 Å². The van der Waals surface area contributed by atoms with Crippen LogP contribution in [0, 0.1) is 6.92 Å². The average Bonchev–Trinajstić information content (AvgIpc) is 3.17. The SMILES string of the molecule is Cc1ccc([C@@]2(NC(=O)c3cccs3)CCOc3cccnc32)cc1. The molecule has 0 saturated carbocycles. The minimum atomic E-state index is -0.691. The van der Waals surface area contributed by atoms with Crippen LogP contribution in [0.1, 0.15) is 32.9 Å². The van der Waals surface area contributed by atoms with Gasteiger partial charge in [-0.25, -0.2) is 0 Å². The van der Waals surface area contributed by atoms with Gasteiger partial charge in [0, 0.05) is 12.6 Å². The van der Waals surface area contributed by atoms with E-state index in [0.717, 1.165) is 17.0 Å². The van der Waals surface area contributed by atoms with E-state index in [0.29, 0.717) is 17.9 Å². The predicted molar refractivity (Wildman–Crippen MR) is 98.1 cm³/mol. The first-order valence-corrected chi connectivity index (χ1v) is 9.08. The monoisotopic (exact) mass is 350 g/mol. The van der Waals surface area contributed by atoms with E-state index in [1.165, 1.54) is 16.9 Å². The van der Waals surface area contributed by atoms with E-state index in [9.17, 15) is 4.79 Å². The number of carbonyl (C=O) groups is 1. The molecule has 1 aliphatic heterocycles. The number of hydrogen-bond donors (Lipinski definition) is 1. The Morgan fingerprint density at radius 1 is 1.20 bits per heavy atom. The predicted octanol–water partition coefficient (Wildman–Crippen LogP) is 3.91. The number of nitrogens with zero attached hydrogens (tertiary/aromatic N) is 1. The van der Waals surface area contributed by atoms with Crippen LogP contribution in [0.4, 0.5) is 0 Å². The fourth-order valence-electron chi connectivity index (χ4n) is 3.24. The van der Waals surface area contributed by atoms with Crippen molar-refractivity contribution in [2.24, 2.45) is 0 Å². The Kier molecular flexibility index (Phi) is 4.01. The van der Waals surface area contributed by atoms with Crippen molar-refractivity contribution in [3.8, 4) is 5.75 Å². The van der Waals surface area contributed by atoms with Gasteiger partial charge in [0.15, 0.2) is 0 Å². The van der Waals surface area contributed by atoms with Gasteiger partial charge in [-0.2, -0.15) is 0 Å². The zero-order valence-corrected chi connectivity index (χ0v) is 14.7. The van der Waals surface area contributed by atoms with E-state index in [2.05, 4.69) is 41.5 Å². The normalized spacial score (nSPS) is 18.9. The van der Waals surface area contributed by atoms with Crippen molar-refractivity contribution in [1.82, 2.24) is 10.3 Å². The highest BCUT2D eigenvalue weighted by molar-refractivity contribution is 7.12. The second-order valence-electron chi connectivity index (χ2n) is 6.15. The summed E-state index contributed by atoms with van der Waals surface area (Å²) in [5.41, 5.74) is 2.27. The molecule has 3 aromatic rings. The molecule has 1 atom stereocenters. The molecule has 1 amide bonds. The molecule has 25 heavy (non-hydrogen) atoms. The fraction of sp³-hybridized carbons (Fsp3) is 0.200. The molecular formula is C20H18N2O2S. The van der Waals surface area contributed by atoms with Crippen molar-refractivity contribution in [1.29, 1.82) is 0 Å². The number of hydrogen-bond acceptors (Lipinski definition) is 4. The van der Waals surface area contributed by atoms with Gasteiger partial charge in [0.1, 0.15) is 17.0 Å². The maximum absolute atomic E-state index is 12.9. The highest BCUT2D eigenvalue weighted by Crippen LogP contribution is 2.40. The maximum Gasteiger partial charge on any atom is 0.262 e. The zero-order valence-electron chi connectivity index (χ0n) is 13.9. The van der Waals surface area contributed by atoms with Crippen LogP contribution in [0.15, 0.2) is 60.1 Å². The number of ether oxygens (including phenoxy) is 1. The first-order valence-electron chi connectivity index (χ1n) is 8.20. The number of amides is 1. The molecule has 4 nitrogen and oxygen atoms in total. The van der Waals surface area contributed by atoms with Crippen LogP contribution in [-0.2, 0) is 5.54 Å². The van der Waals surface area contributed by atoms with Crippen molar-refractivity contribution in [3.05, 3.63) is 81.8 Å². The molecule has 0 aliphatic carbocycles. The summed E-state index contributed by atoms with van der Waals surface area (Å²) in [7, 11) is 0. The van der Waals surface area contributed by atoms with Crippen LogP contribution in [0.25, 0.3) is 0 Å². The number of rotatable bonds is 3. The maximum atomic E-state index is 12.9. The molecular weight excluding hydrogens is 332 g/mol. The number of pyridine rings is 1. The van der Waals surface area contributed by atoms with Crippen molar-refractivity contribution in [3.63, 3.8) is 0 Å². The van der Waals surface area contributed by atoms with Gasteiger partial charge < -0.3 is 10.1 Å². The first-order chi connectivity index (χ1) is 12.2. The smallest absolute Gasteiger partial charge is 0.262 e. The summed E-state index contributed by atoms with van der Waals surface area (Å²) in [6, 6.07) is 15.7. The summed E-state index contributed by atoms with van der Waals surface area (Å²) in [5.74, 6) is 0.634. The van der Waals surface area contributed by atoms with E-state index < -0.39 is 5.54 Å². The Morgan fingerprint density at radius 3 is 2.80 bits per heavy atom. The minimum absolute atomic E-state index is 0.0888. The lowest BCUT2D eigenvalue weighted by molar-refractivity contribution is 0.0888. The van der Waals surface area contributed by atoms with Gasteiger partial charge in [-0.05, 0) is 36.1 Å². The van der Waals surface area contributed by atoms with Gasteiger partial charge in [0.25, 0.3) is 5.91 Å². The Morgan fingerprint density at radius 2 is 2.04 bits per heavy atom. The molecule has 2 aromatic heterocycles. The third-order valence-electron chi connectivity index (χ3n) is 4.53.